The van der Waals surface area contributed by atoms with E-state index in [1.165, 1.54) is 42.5 Å². The van der Waals surface area contributed by atoms with Gasteiger partial charge in [0, 0.05) is 29.6 Å². The van der Waals surface area contributed by atoms with E-state index >= 15 is 0 Å². The lowest BCUT2D eigenvalue weighted by atomic mass is 10.0. The number of nitrogens with zero attached hydrogens (tertiary/aromatic N) is 1. The number of benzene rings is 2. The summed E-state index contributed by atoms with van der Waals surface area (Å²) in [5.41, 5.74) is 0.899. The zero-order valence-corrected chi connectivity index (χ0v) is 14.2. The average Bonchev–Trinajstić information content (AvgIpc) is 2.99. The van der Waals surface area contributed by atoms with E-state index in [4.69, 9.17) is 4.42 Å². The van der Waals surface area contributed by atoms with Crippen molar-refractivity contribution in [2.24, 2.45) is 0 Å². The number of carbonyl (C=O) groups excluding carboxylic acids is 1. The topological polar surface area (TPSA) is 106 Å². The maximum Gasteiger partial charge on any atom is 0.270 e. The number of carbonyl (C=O) groups is 1. The summed E-state index contributed by atoms with van der Waals surface area (Å²) < 4.78 is 5.74. The number of nitrogens with one attached hydrogen (secondary N) is 1. The molecular weight excluding hydrogens is 336 g/mol. The number of furan rings is 1. The monoisotopic (exact) mass is 354 g/mol. The van der Waals surface area contributed by atoms with Gasteiger partial charge >= 0.3 is 0 Å². The van der Waals surface area contributed by atoms with Crippen molar-refractivity contribution in [3.63, 3.8) is 0 Å². The lowest BCUT2D eigenvalue weighted by Crippen LogP contribution is -2.07. The van der Waals surface area contributed by atoms with Gasteiger partial charge in [-0.25, -0.2) is 0 Å². The number of fused-ring (bicyclic) bond motifs is 1. The Kier molecular flexibility index (Phi) is 4.88. The van der Waals surface area contributed by atoms with E-state index in [2.05, 4.69) is 5.32 Å². The molecule has 0 saturated heterocycles. The Labute approximate surface area is 149 Å². The Morgan fingerprint density at radius 2 is 1.96 bits per heavy atom. The van der Waals surface area contributed by atoms with Gasteiger partial charge in [-0.1, -0.05) is 13.3 Å². The highest BCUT2D eigenvalue weighted by molar-refractivity contribution is 6.19. The van der Waals surface area contributed by atoms with Crippen molar-refractivity contribution >= 4 is 28.3 Å². The van der Waals surface area contributed by atoms with Crippen molar-refractivity contribution in [3.8, 4) is 5.75 Å². The van der Waals surface area contributed by atoms with Gasteiger partial charge < -0.3 is 14.8 Å². The average molecular weight is 354 g/mol. The van der Waals surface area contributed by atoms with Crippen molar-refractivity contribution in [1.29, 1.82) is 0 Å². The molecule has 0 saturated carbocycles. The fraction of sp³-hybridized carbons (Fsp3) is 0.211. The fourth-order valence-corrected chi connectivity index (χ4v) is 2.68. The number of aromatic hydroxyl groups is 1. The molecular formula is C19H18N2O5. The van der Waals surface area contributed by atoms with Crippen LogP contribution in [0.25, 0.3) is 11.0 Å². The number of nitro benzene ring substituents is 1. The number of ketones is 1. The van der Waals surface area contributed by atoms with Crippen LogP contribution in [0.3, 0.4) is 0 Å². The van der Waals surface area contributed by atoms with Crippen LogP contribution in [0.4, 0.5) is 11.6 Å². The number of hydrogen-bond acceptors (Lipinski definition) is 6. The van der Waals surface area contributed by atoms with Gasteiger partial charge in [0.05, 0.1) is 10.5 Å². The number of hydrogen-bond donors (Lipinski definition) is 2. The summed E-state index contributed by atoms with van der Waals surface area (Å²) in [5.74, 6) is 0.0193. The Bertz CT molecular complexity index is 960. The van der Waals surface area contributed by atoms with Gasteiger partial charge in [0.2, 0.25) is 5.88 Å². The van der Waals surface area contributed by atoms with Crippen LogP contribution in [-0.4, -0.2) is 22.4 Å². The number of non-ortho nitro benzene ring substituents is 1. The first-order valence-corrected chi connectivity index (χ1v) is 8.29. The van der Waals surface area contributed by atoms with Gasteiger partial charge in [0.25, 0.3) is 5.69 Å². The first-order valence-electron chi connectivity index (χ1n) is 8.29. The van der Waals surface area contributed by atoms with E-state index in [1.54, 1.807) is 0 Å². The molecule has 0 radical (unpaired) electrons. The third-order valence-electron chi connectivity index (χ3n) is 4.05. The molecule has 26 heavy (non-hydrogen) atoms. The Morgan fingerprint density at radius 1 is 1.23 bits per heavy atom. The first-order chi connectivity index (χ1) is 12.5. The molecule has 0 aliphatic rings. The van der Waals surface area contributed by atoms with E-state index < -0.39 is 4.92 Å². The predicted octanol–water partition coefficient (Wildman–Crippen LogP) is 4.49. The van der Waals surface area contributed by atoms with Crippen LogP contribution < -0.4 is 5.32 Å². The SMILES string of the molecule is CCCCNc1oc2ccc([N+](=O)[O-])cc2c1C(=O)c1ccc(O)cc1. The molecule has 0 fully saturated rings. The highest BCUT2D eigenvalue weighted by Gasteiger charge is 2.24. The van der Waals surface area contributed by atoms with Crippen molar-refractivity contribution < 1.29 is 19.2 Å². The summed E-state index contributed by atoms with van der Waals surface area (Å²) in [4.78, 5) is 23.6. The zero-order chi connectivity index (χ0) is 18.7. The largest absolute Gasteiger partial charge is 0.508 e. The molecule has 1 heterocycles. The molecule has 0 amide bonds. The minimum atomic E-state index is -0.508. The van der Waals surface area contributed by atoms with Crippen LogP contribution in [0.1, 0.15) is 35.7 Å². The summed E-state index contributed by atoms with van der Waals surface area (Å²) in [5, 5.41) is 24.0. The highest BCUT2D eigenvalue weighted by atomic mass is 16.6. The van der Waals surface area contributed by atoms with Gasteiger partial charge in [-0.05, 0) is 36.8 Å². The number of anilines is 1. The molecule has 0 spiro atoms. The standard InChI is InChI=1S/C19H18N2O5/c1-2-3-10-20-19-17(18(23)12-4-7-14(22)8-5-12)15-11-13(21(24)25)6-9-16(15)26-19/h4-9,11,20,22H,2-3,10H2,1H3. The molecule has 134 valence electrons. The maximum atomic E-state index is 13.0. The zero-order valence-electron chi connectivity index (χ0n) is 14.2. The van der Waals surface area contributed by atoms with E-state index in [9.17, 15) is 20.0 Å². The van der Waals surface area contributed by atoms with Crippen molar-refractivity contribution in [2.45, 2.75) is 19.8 Å². The van der Waals surface area contributed by atoms with Crippen LogP contribution >= 0.6 is 0 Å². The molecule has 0 atom stereocenters. The Morgan fingerprint density at radius 3 is 2.62 bits per heavy atom. The van der Waals surface area contributed by atoms with Crippen LogP contribution in [0.2, 0.25) is 0 Å². The van der Waals surface area contributed by atoms with Crippen molar-refractivity contribution in [1.82, 2.24) is 0 Å². The van der Waals surface area contributed by atoms with Crippen LogP contribution in [0, 0.1) is 10.1 Å². The van der Waals surface area contributed by atoms with E-state index in [0.29, 0.717) is 29.0 Å². The smallest absolute Gasteiger partial charge is 0.270 e. The number of phenols is 1. The van der Waals surface area contributed by atoms with Crippen molar-refractivity contribution in [2.75, 3.05) is 11.9 Å². The molecule has 3 rings (SSSR count). The molecule has 0 aliphatic carbocycles. The van der Waals surface area contributed by atoms with Gasteiger partial charge in [-0.15, -0.1) is 0 Å². The second-order valence-corrected chi connectivity index (χ2v) is 5.90. The van der Waals surface area contributed by atoms with Crippen LogP contribution in [0.15, 0.2) is 46.9 Å². The second-order valence-electron chi connectivity index (χ2n) is 5.90. The maximum absolute atomic E-state index is 13.0. The summed E-state index contributed by atoms with van der Waals surface area (Å²) in [6.45, 7) is 2.67. The second kappa shape index (κ2) is 7.26. The van der Waals surface area contributed by atoms with Gasteiger partial charge in [0.15, 0.2) is 5.78 Å². The fourth-order valence-electron chi connectivity index (χ4n) is 2.68. The Balaban J connectivity index is 2.12. The molecule has 2 N–H and O–H groups in total. The van der Waals surface area contributed by atoms with Gasteiger partial charge in [-0.3, -0.25) is 14.9 Å². The molecule has 1 aromatic heterocycles. The Hall–Kier alpha value is -3.35. The summed E-state index contributed by atoms with van der Waals surface area (Å²) in [7, 11) is 0. The third-order valence-corrected chi connectivity index (χ3v) is 4.05. The molecule has 2 aromatic carbocycles. The van der Waals surface area contributed by atoms with Crippen molar-refractivity contribution in [3.05, 3.63) is 63.7 Å². The molecule has 3 aromatic rings. The molecule has 0 bridgehead atoms. The molecule has 0 aliphatic heterocycles. The number of phenolic OH excluding ortho intramolecular Hbond substituents is 1. The molecule has 7 heteroatoms. The first kappa shape index (κ1) is 17.5. The predicted molar refractivity (Wildman–Crippen MR) is 97.8 cm³/mol. The van der Waals surface area contributed by atoms with Crippen LogP contribution in [0.5, 0.6) is 5.75 Å². The summed E-state index contributed by atoms with van der Waals surface area (Å²) in [6, 6.07) is 10.0. The summed E-state index contributed by atoms with van der Waals surface area (Å²) >= 11 is 0. The normalized spacial score (nSPS) is 10.8. The lowest BCUT2D eigenvalue weighted by molar-refractivity contribution is -0.384. The van der Waals surface area contributed by atoms with E-state index in [0.717, 1.165) is 12.8 Å². The number of nitro groups is 1. The quantitative estimate of drug-likeness (QED) is 0.280. The van der Waals surface area contributed by atoms with E-state index in [1.807, 2.05) is 6.92 Å². The van der Waals surface area contributed by atoms with Gasteiger partial charge in [-0.2, -0.15) is 0 Å². The molecule has 0 unspecified atom stereocenters. The number of unbranched alkanes of at least 4 members (excludes halogenated alkanes) is 1. The van der Waals surface area contributed by atoms with Gasteiger partial charge in [0.1, 0.15) is 11.3 Å². The lowest BCUT2D eigenvalue weighted by Gasteiger charge is -2.05. The third kappa shape index (κ3) is 3.37. The minimum absolute atomic E-state index is 0.0514. The number of rotatable bonds is 7. The van der Waals surface area contributed by atoms with Crippen LogP contribution in [-0.2, 0) is 0 Å². The summed E-state index contributed by atoms with van der Waals surface area (Å²) in [6.07, 6.45) is 1.87. The molecule has 7 nitrogen and oxygen atoms in total. The highest BCUT2D eigenvalue weighted by Crippen LogP contribution is 2.34. The van der Waals surface area contributed by atoms with E-state index in [-0.39, 0.29) is 22.8 Å². The minimum Gasteiger partial charge on any atom is -0.508 e.